The molecule has 2 aliphatic rings. The van der Waals surface area contributed by atoms with E-state index in [1.807, 2.05) is 18.7 Å². The Hall–Kier alpha value is -0.770. The molecule has 1 aliphatic carbocycles. The lowest BCUT2D eigenvalue weighted by molar-refractivity contribution is -0.0737. The zero-order chi connectivity index (χ0) is 13.2. The van der Waals surface area contributed by atoms with Gasteiger partial charge in [0.2, 0.25) is 0 Å². The molecule has 0 spiro atoms. The molecule has 0 bridgehead atoms. The zero-order valence-electron chi connectivity index (χ0n) is 11.9. The summed E-state index contributed by atoms with van der Waals surface area (Å²) in [5.41, 5.74) is -0.215. The van der Waals surface area contributed by atoms with Crippen LogP contribution in [0.25, 0.3) is 0 Å². The summed E-state index contributed by atoms with van der Waals surface area (Å²) in [5.74, 6) is 0.608. The van der Waals surface area contributed by atoms with Gasteiger partial charge in [0.05, 0.1) is 18.8 Å². The van der Waals surface area contributed by atoms with E-state index in [9.17, 15) is 4.79 Å². The minimum atomic E-state index is -0.215. The molecule has 4 heteroatoms. The van der Waals surface area contributed by atoms with Crippen molar-refractivity contribution in [1.82, 2.24) is 10.2 Å². The number of urea groups is 1. The van der Waals surface area contributed by atoms with Crippen molar-refractivity contribution in [3.05, 3.63) is 0 Å². The number of carbonyl (C=O) groups excluding carboxylic acids is 1. The van der Waals surface area contributed by atoms with Crippen molar-refractivity contribution < 1.29 is 9.53 Å². The number of morpholine rings is 1. The first kappa shape index (κ1) is 13.7. The molecule has 0 radical (unpaired) electrons. The normalized spacial score (nSPS) is 32.1. The Balaban J connectivity index is 1.87. The molecule has 0 aromatic rings. The molecule has 0 unspecified atom stereocenters. The molecule has 2 amide bonds. The molecule has 1 N–H and O–H groups in total. The van der Waals surface area contributed by atoms with Crippen molar-refractivity contribution in [2.45, 2.75) is 58.1 Å². The van der Waals surface area contributed by atoms with E-state index in [0.717, 1.165) is 6.42 Å². The van der Waals surface area contributed by atoms with Crippen LogP contribution in [0.2, 0.25) is 0 Å². The third-order valence-electron chi connectivity index (χ3n) is 4.13. The number of nitrogens with one attached hydrogen (secondary N) is 1. The quantitative estimate of drug-likeness (QED) is 0.780. The molecule has 1 saturated heterocycles. The highest BCUT2D eigenvalue weighted by atomic mass is 16.5. The molecule has 0 aromatic carbocycles. The van der Waals surface area contributed by atoms with Crippen molar-refractivity contribution in [3.63, 3.8) is 0 Å². The minimum Gasteiger partial charge on any atom is -0.372 e. The van der Waals surface area contributed by atoms with Crippen LogP contribution in [0.3, 0.4) is 0 Å². The number of rotatable bonds is 1. The van der Waals surface area contributed by atoms with Crippen molar-refractivity contribution in [3.8, 4) is 0 Å². The minimum absolute atomic E-state index is 0.0881. The maximum absolute atomic E-state index is 12.3. The molecule has 1 saturated carbocycles. The Morgan fingerprint density at radius 2 is 2.06 bits per heavy atom. The topological polar surface area (TPSA) is 41.6 Å². The highest BCUT2D eigenvalue weighted by Crippen LogP contribution is 2.24. The summed E-state index contributed by atoms with van der Waals surface area (Å²) in [6, 6.07) is 0.447. The van der Waals surface area contributed by atoms with Crippen LogP contribution in [0.5, 0.6) is 0 Å². The molecule has 0 aromatic heterocycles. The van der Waals surface area contributed by atoms with Crippen LogP contribution in [-0.2, 0) is 4.74 Å². The van der Waals surface area contributed by atoms with Crippen molar-refractivity contribution in [2.24, 2.45) is 5.92 Å². The summed E-state index contributed by atoms with van der Waals surface area (Å²) in [4.78, 5) is 14.2. The highest BCUT2D eigenvalue weighted by molar-refractivity contribution is 5.74. The van der Waals surface area contributed by atoms with Crippen LogP contribution in [0.1, 0.15) is 46.5 Å². The van der Waals surface area contributed by atoms with Crippen LogP contribution in [0.15, 0.2) is 0 Å². The number of carbonyl (C=O) groups is 1. The molecule has 2 fully saturated rings. The van der Waals surface area contributed by atoms with Crippen molar-refractivity contribution in [1.29, 1.82) is 0 Å². The van der Waals surface area contributed by atoms with Gasteiger partial charge in [-0.05, 0) is 32.6 Å². The van der Waals surface area contributed by atoms with Gasteiger partial charge in [0.25, 0.3) is 0 Å². The van der Waals surface area contributed by atoms with Gasteiger partial charge in [-0.15, -0.1) is 0 Å². The van der Waals surface area contributed by atoms with Gasteiger partial charge < -0.3 is 15.0 Å². The first-order chi connectivity index (χ1) is 8.48. The highest BCUT2D eigenvalue weighted by Gasteiger charge is 2.31. The zero-order valence-corrected chi connectivity index (χ0v) is 11.9. The fourth-order valence-electron chi connectivity index (χ4n) is 2.97. The van der Waals surface area contributed by atoms with E-state index in [-0.39, 0.29) is 11.6 Å². The van der Waals surface area contributed by atoms with E-state index in [0.29, 0.717) is 31.7 Å². The SMILES string of the molecule is C[C@@H]1CCCC[C@H]1NC(=O)N1CCOC(C)(C)C1. The maximum Gasteiger partial charge on any atom is 0.317 e. The smallest absolute Gasteiger partial charge is 0.317 e. The van der Waals surface area contributed by atoms with Gasteiger partial charge in [-0.3, -0.25) is 0 Å². The molecule has 1 aliphatic heterocycles. The summed E-state index contributed by atoms with van der Waals surface area (Å²) in [5, 5.41) is 3.21. The summed E-state index contributed by atoms with van der Waals surface area (Å²) >= 11 is 0. The molecule has 18 heavy (non-hydrogen) atoms. The van der Waals surface area contributed by atoms with Gasteiger partial charge in [0.15, 0.2) is 0 Å². The number of hydrogen-bond acceptors (Lipinski definition) is 2. The van der Waals surface area contributed by atoms with Crippen LogP contribution in [-0.4, -0.2) is 42.3 Å². The third kappa shape index (κ3) is 3.37. The van der Waals surface area contributed by atoms with E-state index < -0.39 is 0 Å². The van der Waals surface area contributed by atoms with Gasteiger partial charge in [-0.2, -0.15) is 0 Å². The van der Waals surface area contributed by atoms with Crippen molar-refractivity contribution >= 4 is 6.03 Å². The lowest BCUT2D eigenvalue weighted by atomic mass is 9.86. The second kappa shape index (κ2) is 5.47. The standard InChI is InChI=1S/C14H26N2O2/c1-11-6-4-5-7-12(11)15-13(17)16-8-9-18-14(2,3)10-16/h11-12H,4-10H2,1-3H3,(H,15,17)/t11-,12-/m1/s1. The first-order valence-electron chi connectivity index (χ1n) is 7.17. The number of amides is 2. The first-order valence-corrected chi connectivity index (χ1v) is 7.17. The summed E-state index contributed by atoms with van der Waals surface area (Å²) in [6.07, 6.45) is 4.90. The molecule has 2 rings (SSSR count). The second-order valence-electron chi connectivity index (χ2n) is 6.35. The Morgan fingerprint density at radius 3 is 2.72 bits per heavy atom. The Kier molecular flexibility index (Phi) is 4.15. The molecule has 104 valence electrons. The molecular formula is C14H26N2O2. The Morgan fingerprint density at radius 1 is 1.33 bits per heavy atom. The maximum atomic E-state index is 12.3. The van der Waals surface area contributed by atoms with Crippen LogP contribution < -0.4 is 5.32 Å². The van der Waals surface area contributed by atoms with Crippen LogP contribution in [0.4, 0.5) is 4.79 Å². The van der Waals surface area contributed by atoms with E-state index in [2.05, 4.69) is 12.2 Å². The molecule has 1 heterocycles. The predicted octanol–water partition coefficient (Wildman–Crippen LogP) is 2.39. The predicted molar refractivity (Wildman–Crippen MR) is 71.6 cm³/mol. The lowest BCUT2D eigenvalue weighted by Gasteiger charge is -2.39. The van der Waals surface area contributed by atoms with Crippen molar-refractivity contribution in [2.75, 3.05) is 19.7 Å². The van der Waals surface area contributed by atoms with E-state index >= 15 is 0 Å². The Bertz CT molecular complexity index is 304. The Labute approximate surface area is 110 Å². The van der Waals surface area contributed by atoms with E-state index in [1.54, 1.807) is 0 Å². The summed E-state index contributed by atoms with van der Waals surface area (Å²) < 4.78 is 5.64. The molecular weight excluding hydrogens is 228 g/mol. The number of hydrogen-bond donors (Lipinski definition) is 1. The van der Waals surface area contributed by atoms with Gasteiger partial charge >= 0.3 is 6.03 Å². The molecule has 4 nitrogen and oxygen atoms in total. The van der Waals surface area contributed by atoms with Gasteiger partial charge in [-0.1, -0.05) is 19.8 Å². The van der Waals surface area contributed by atoms with Gasteiger partial charge in [-0.25, -0.2) is 4.79 Å². The monoisotopic (exact) mass is 254 g/mol. The third-order valence-corrected chi connectivity index (χ3v) is 4.13. The van der Waals surface area contributed by atoms with E-state index in [4.69, 9.17) is 4.74 Å². The number of nitrogens with zero attached hydrogens (tertiary/aromatic N) is 1. The summed E-state index contributed by atoms with van der Waals surface area (Å²) in [6.45, 7) is 8.34. The summed E-state index contributed by atoms with van der Waals surface area (Å²) in [7, 11) is 0. The second-order valence-corrected chi connectivity index (χ2v) is 6.35. The van der Waals surface area contributed by atoms with Crippen LogP contribution >= 0.6 is 0 Å². The average Bonchev–Trinajstić information content (AvgIpc) is 2.31. The number of ether oxygens (including phenoxy) is 1. The molecule has 2 atom stereocenters. The van der Waals surface area contributed by atoms with Gasteiger partial charge in [0.1, 0.15) is 0 Å². The van der Waals surface area contributed by atoms with E-state index in [1.165, 1.54) is 19.3 Å². The average molecular weight is 254 g/mol. The fourth-order valence-corrected chi connectivity index (χ4v) is 2.97. The lowest BCUT2D eigenvalue weighted by Crippen LogP contribution is -2.55. The van der Waals surface area contributed by atoms with Gasteiger partial charge in [0, 0.05) is 12.6 Å². The van der Waals surface area contributed by atoms with Crippen LogP contribution in [0, 0.1) is 5.92 Å². The largest absolute Gasteiger partial charge is 0.372 e. The fraction of sp³-hybridized carbons (Fsp3) is 0.929.